The minimum atomic E-state index is -1.90. The molecule has 100 valence electrons. The highest BCUT2D eigenvalue weighted by atomic mass is 32.2. The Bertz CT molecular complexity index is 619. The molecule has 0 fully saturated rings. The Kier molecular flexibility index (Phi) is 4.57. The van der Waals surface area contributed by atoms with Gasteiger partial charge in [0, 0.05) is 15.5 Å². The third-order valence-corrected chi connectivity index (χ3v) is 4.14. The summed E-state index contributed by atoms with van der Waals surface area (Å²) in [5, 5.41) is 0. The number of nitrogen functional groups attached to an aromatic ring is 1. The predicted molar refractivity (Wildman–Crippen MR) is 75.9 cm³/mol. The van der Waals surface area contributed by atoms with Crippen LogP contribution < -0.4 is 5.73 Å². The molecule has 0 aliphatic heterocycles. The van der Waals surface area contributed by atoms with Crippen LogP contribution in [0, 0.1) is 5.82 Å². The fourth-order valence-electron chi connectivity index (χ4n) is 1.57. The van der Waals surface area contributed by atoms with Gasteiger partial charge < -0.3 is 10.3 Å². The SMILES string of the molecule is Nc1cc(CS(=O)O)ccc1Sc1ccccc1F. The fourth-order valence-corrected chi connectivity index (χ4v) is 2.90. The van der Waals surface area contributed by atoms with Crippen LogP contribution in [-0.2, 0) is 16.8 Å². The fraction of sp³-hybridized carbons (Fsp3) is 0.0769. The van der Waals surface area contributed by atoms with Crippen molar-refractivity contribution in [2.75, 3.05) is 5.73 Å². The van der Waals surface area contributed by atoms with Crippen molar-refractivity contribution in [3.63, 3.8) is 0 Å². The Balaban J connectivity index is 2.22. The molecule has 19 heavy (non-hydrogen) atoms. The van der Waals surface area contributed by atoms with Crippen LogP contribution in [0.2, 0.25) is 0 Å². The molecule has 2 aromatic carbocycles. The van der Waals surface area contributed by atoms with Crippen LogP contribution in [-0.4, -0.2) is 8.76 Å². The molecule has 1 unspecified atom stereocenters. The van der Waals surface area contributed by atoms with Crippen LogP contribution in [0.25, 0.3) is 0 Å². The summed E-state index contributed by atoms with van der Waals surface area (Å²) < 4.78 is 33.1. The van der Waals surface area contributed by atoms with Crippen LogP contribution in [0.3, 0.4) is 0 Å². The number of hydrogen-bond acceptors (Lipinski definition) is 3. The highest BCUT2D eigenvalue weighted by molar-refractivity contribution is 7.99. The quantitative estimate of drug-likeness (QED) is 0.671. The summed E-state index contributed by atoms with van der Waals surface area (Å²) in [7, 11) is 0. The summed E-state index contributed by atoms with van der Waals surface area (Å²) in [6.45, 7) is 0. The van der Waals surface area contributed by atoms with E-state index in [1.807, 2.05) is 0 Å². The molecule has 0 saturated carbocycles. The van der Waals surface area contributed by atoms with Crippen molar-refractivity contribution in [2.45, 2.75) is 15.5 Å². The molecule has 0 aromatic heterocycles. The Hall–Kier alpha value is -1.37. The van der Waals surface area contributed by atoms with Gasteiger partial charge in [-0.05, 0) is 29.8 Å². The third-order valence-electron chi connectivity index (χ3n) is 2.42. The van der Waals surface area contributed by atoms with Crippen LogP contribution in [0.4, 0.5) is 10.1 Å². The van der Waals surface area contributed by atoms with Gasteiger partial charge in [-0.3, -0.25) is 0 Å². The Morgan fingerprint density at radius 2 is 1.95 bits per heavy atom. The zero-order valence-corrected chi connectivity index (χ0v) is 11.5. The molecule has 2 rings (SSSR count). The molecule has 0 amide bonds. The van der Waals surface area contributed by atoms with Crippen LogP contribution in [0.1, 0.15) is 5.56 Å². The van der Waals surface area contributed by atoms with Crippen molar-refractivity contribution >= 4 is 28.5 Å². The van der Waals surface area contributed by atoms with Crippen LogP contribution in [0.5, 0.6) is 0 Å². The molecular weight excluding hydrogens is 285 g/mol. The van der Waals surface area contributed by atoms with Crippen molar-refractivity contribution in [3.05, 3.63) is 53.8 Å². The molecule has 0 bridgehead atoms. The van der Waals surface area contributed by atoms with Crippen molar-refractivity contribution < 1.29 is 13.2 Å². The zero-order chi connectivity index (χ0) is 13.8. The normalized spacial score (nSPS) is 12.3. The van der Waals surface area contributed by atoms with E-state index in [2.05, 4.69) is 0 Å². The highest BCUT2D eigenvalue weighted by Crippen LogP contribution is 2.34. The summed E-state index contributed by atoms with van der Waals surface area (Å²) in [5.41, 5.74) is 7.02. The van der Waals surface area contributed by atoms with E-state index in [1.54, 1.807) is 36.4 Å². The van der Waals surface area contributed by atoms with E-state index in [0.29, 0.717) is 16.1 Å². The second kappa shape index (κ2) is 6.18. The highest BCUT2D eigenvalue weighted by Gasteiger charge is 2.07. The number of benzene rings is 2. The van der Waals surface area contributed by atoms with E-state index in [4.69, 9.17) is 10.3 Å². The van der Waals surface area contributed by atoms with Crippen molar-refractivity contribution in [3.8, 4) is 0 Å². The molecule has 2 aromatic rings. The van der Waals surface area contributed by atoms with E-state index in [0.717, 1.165) is 4.90 Å². The second-order valence-corrected chi connectivity index (χ2v) is 5.89. The minimum absolute atomic E-state index is 0.0366. The maximum atomic E-state index is 13.5. The minimum Gasteiger partial charge on any atom is -0.398 e. The first-order chi connectivity index (χ1) is 9.06. The van der Waals surface area contributed by atoms with Gasteiger partial charge in [-0.2, -0.15) is 0 Å². The van der Waals surface area contributed by atoms with Gasteiger partial charge in [0.2, 0.25) is 0 Å². The Labute approximate surface area is 117 Å². The molecule has 0 heterocycles. The number of halogens is 1. The lowest BCUT2D eigenvalue weighted by Gasteiger charge is -2.08. The lowest BCUT2D eigenvalue weighted by molar-refractivity contribution is 0.563. The molecule has 0 radical (unpaired) electrons. The molecule has 3 nitrogen and oxygen atoms in total. The Morgan fingerprint density at radius 3 is 2.58 bits per heavy atom. The summed E-state index contributed by atoms with van der Waals surface area (Å²) in [6.07, 6.45) is 0. The largest absolute Gasteiger partial charge is 0.398 e. The number of rotatable bonds is 4. The number of hydrogen-bond donors (Lipinski definition) is 2. The molecule has 0 aliphatic rings. The average molecular weight is 297 g/mol. The van der Waals surface area contributed by atoms with E-state index in [1.165, 1.54) is 17.8 Å². The van der Waals surface area contributed by atoms with Gasteiger partial charge in [0.05, 0.1) is 5.75 Å². The number of nitrogens with two attached hydrogens (primary N) is 1. The molecule has 3 N–H and O–H groups in total. The first kappa shape index (κ1) is 14.0. The van der Waals surface area contributed by atoms with Gasteiger partial charge in [0.25, 0.3) is 0 Å². The molecule has 0 saturated heterocycles. The lowest BCUT2D eigenvalue weighted by atomic mass is 10.2. The number of anilines is 1. The molecule has 0 spiro atoms. The average Bonchev–Trinajstić information content (AvgIpc) is 2.34. The molecule has 0 aliphatic carbocycles. The van der Waals surface area contributed by atoms with Gasteiger partial charge in [-0.25, -0.2) is 8.60 Å². The summed E-state index contributed by atoms with van der Waals surface area (Å²) in [4.78, 5) is 1.21. The zero-order valence-electron chi connectivity index (χ0n) is 9.88. The maximum Gasteiger partial charge on any atom is 0.157 e. The standard InChI is InChI=1S/C13H12FNO2S2/c14-10-3-1-2-4-12(10)18-13-6-5-9(7-11(13)15)8-19(16)17/h1-7H,8,15H2,(H,16,17). The molecule has 1 atom stereocenters. The lowest BCUT2D eigenvalue weighted by Crippen LogP contribution is -1.96. The van der Waals surface area contributed by atoms with Crippen molar-refractivity contribution in [2.24, 2.45) is 0 Å². The van der Waals surface area contributed by atoms with Gasteiger partial charge >= 0.3 is 0 Å². The van der Waals surface area contributed by atoms with Gasteiger partial charge in [-0.1, -0.05) is 30.0 Å². The van der Waals surface area contributed by atoms with Gasteiger partial charge in [0.1, 0.15) is 5.82 Å². The monoisotopic (exact) mass is 297 g/mol. The van der Waals surface area contributed by atoms with Crippen molar-refractivity contribution in [1.82, 2.24) is 0 Å². The topological polar surface area (TPSA) is 63.3 Å². The van der Waals surface area contributed by atoms with Gasteiger partial charge in [0.15, 0.2) is 11.1 Å². The Morgan fingerprint density at radius 1 is 1.21 bits per heavy atom. The first-order valence-electron chi connectivity index (χ1n) is 5.44. The van der Waals surface area contributed by atoms with Crippen LogP contribution >= 0.6 is 11.8 Å². The smallest absolute Gasteiger partial charge is 0.157 e. The summed E-state index contributed by atoms with van der Waals surface area (Å²) in [5.74, 6) is -0.262. The van der Waals surface area contributed by atoms with E-state index in [-0.39, 0.29) is 11.6 Å². The van der Waals surface area contributed by atoms with Crippen molar-refractivity contribution in [1.29, 1.82) is 0 Å². The summed E-state index contributed by atoms with van der Waals surface area (Å²) in [6, 6.07) is 11.5. The molecule has 6 heteroatoms. The van der Waals surface area contributed by atoms with E-state index >= 15 is 0 Å². The predicted octanol–water partition coefficient (Wildman–Crippen LogP) is 3.28. The van der Waals surface area contributed by atoms with Gasteiger partial charge in [-0.15, -0.1) is 0 Å². The van der Waals surface area contributed by atoms with E-state index < -0.39 is 11.1 Å². The first-order valence-corrected chi connectivity index (χ1v) is 7.54. The second-order valence-electron chi connectivity index (χ2n) is 3.87. The third kappa shape index (κ3) is 3.79. The summed E-state index contributed by atoms with van der Waals surface area (Å²) >= 11 is -0.665. The molecular formula is C13H12FNO2S2. The van der Waals surface area contributed by atoms with Crippen LogP contribution in [0.15, 0.2) is 52.3 Å². The maximum absolute atomic E-state index is 13.5. The van der Waals surface area contributed by atoms with E-state index in [9.17, 15) is 8.60 Å².